The Kier molecular flexibility index (Phi) is 4.78. The van der Waals surface area contributed by atoms with Crippen LogP contribution in [-0.2, 0) is 0 Å². The summed E-state index contributed by atoms with van der Waals surface area (Å²) < 4.78 is 4.86. The van der Waals surface area contributed by atoms with E-state index >= 15 is 0 Å². The molecule has 0 aliphatic carbocycles. The van der Waals surface area contributed by atoms with Crippen molar-refractivity contribution in [2.45, 2.75) is 19.9 Å². The quantitative estimate of drug-likeness (QED) is 0.570. The highest BCUT2D eigenvalue weighted by atomic mass is 16.6. The summed E-state index contributed by atoms with van der Waals surface area (Å²) in [5.41, 5.74) is 5.33. The van der Waals surface area contributed by atoms with Gasteiger partial charge in [0.15, 0.2) is 0 Å². The molecule has 0 aromatic carbocycles. The van der Waals surface area contributed by atoms with Gasteiger partial charge in [-0.05, 0) is 5.92 Å². The van der Waals surface area contributed by atoms with Crippen LogP contribution in [0.3, 0.4) is 0 Å². The second-order valence-corrected chi connectivity index (χ2v) is 4.07. The molecule has 1 rings (SSSR count). The van der Waals surface area contributed by atoms with Gasteiger partial charge in [-0.2, -0.15) is 4.98 Å². The first kappa shape index (κ1) is 14.1. The topological polar surface area (TPSA) is 116 Å². The van der Waals surface area contributed by atoms with Gasteiger partial charge in [0.05, 0.1) is 12.0 Å². The summed E-state index contributed by atoms with van der Waals surface area (Å²) in [6, 6.07) is -0.108. The molecule has 1 unspecified atom stereocenters. The number of nitrogens with one attached hydrogen (secondary N) is 1. The molecule has 0 spiro atoms. The molecule has 1 aromatic rings. The van der Waals surface area contributed by atoms with Crippen LogP contribution in [0.25, 0.3) is 0 Å². The molecular formula is C10H17N5O3. The van der Waals surface area contributed by atoms with Crippen molar-refractivity contribution < 1.29 is 9.66 Å². The molecule has 0 saturated carbocycles. The van der Waals surface area contributed by atoms with Gasteiger partial charge >= 0.3 is 5.69 Å². The van der Waals surface area contributed by atoms with E-state index in [9.17, 15) is 10.1 Å². The first-order chi connectivity index (χ1) is 8.51. The fraction of sp³-hybridized carbons (Fsp3) is 0.600. The zero-order valence-electron chi connectivity index (χ0n) is 10.6. The summed E-state index contributed by atoms with van der Waals surface area (Å²) in [5.74, 6) is 0.267. The first-order valence-corrected chi connectivity index (χ1v) is 5.51. The Bertz CT molecular complexity index is 424. The third kappa shape index (κ3) is 3.04. The summed E-state index contributed by atoms with van der Waals surface area (Å²) in [4.78, 5) is 18.0. The molecule has 100 valence electrons. The lowest BCUT2D eigenvalue weighted by Crippen LogP contribution is -2.34. The number of rotatable bonds is 6. The van der Waals surface area contributed by atoms with E-state index in [0.717, 1.165) is 0 Å². The fourth-order valence-corrected chi connectivity index (χ4v) is 1.46. The van der Waals surface area contributed by atoms with Crippen molar-refractivity contribution in [3.63, 3.8) is 0 Å². The van der Waals surface area contributed by atoms with Gasteiger partial charge in [0.2, 0.25) is 5.82 Å². The number of aromatic nitrogens is 2. The summed E-state index contributed by atoms with van der Waals surface area (Å²) >= 11 is 0. The van der Waals surface area contributed by atoms with Crippen LogP contribution in [0.1, 0.15) is 13.8 Å². The molecule has 0 aliphatic heterocycles. The van der Waals surface area contributed by atoms with E-state index in [0.29, 0.717) is 6.54 Å². The van der Waals surface area contributed by atoms with Crippen LogP contribution in [0.5, 0.6) is 5.88 Å². The normalized spacial score (nSPS) is 12.3. The highest BCUT2D eigenvalue weighted by Crippen LogP contribution is 2.31. The van der Waals surface area contributed by atoms with Crippen molar-refractivity contribution in [2.24, 2.45) is 11.7 Å². The molecule has 0 bridgehead atoms. The monoisotopic (exact) mass is 255 g/mol. The highest BCUT2D eigenvalue weighted by Gasteiger charge is 2.26. The van der Waals surface area contributed by atoms with Gasteiger partial charge in [-0.1, -0.05) is 13.8 Å². The van der Waals surface area contributed by atoms with E-state index in [2.05, 4.69) is 15.3 Å². The zero-order chi connectivity index (χ0) is 13.7. The van der Waals surface area contributed by atoms with Crippen LogP contribution < -0.4 is 15.8 Å². The maximum Gasteiger partial charge on any atom is 0.372 e. The average Bonchev–Trinajstić information content (AvgIpc) is 2.34. The van der Waals surface area contributed by atoms with Crippen molar-refractivity contribution >= 4 is 11.5 Å². The van der Waals surface area contributed by atoms with Crippen LogP contribution in [0, 0.1) is 16.0 Å². The molecule has 8 nitrogen and oxygen atoms in total. The Morgan fingerprint density at radius 1 is 1.56 bits per heavy atom. The van der Waals surface area contributed by atoms with Crippen LogP contribution in [0.2, 0.25) is 0 Å². The van der Waals surface area contributed by atoms with Gasteiger partial charge in [0.1, 0.15) is 6.33 Å². The molecule has 1 atom stereocenters. The summed E-state index contributed by atoms with van der Waals surface area (Å²) in [7, 11) is 1.32. The Morgan fingerprint density at radius 2 is 2.22 bits per heavy atom. The van der Waals surface area contributed by atoms with Gasteiger partial charge in [-0.25, -0.2) is 4.98 Å². The Labute approximate surface area is 105 Å². The van der Waals surface area contributed by atoms with Crippen molar-refractivity contribution in [1.82, 2.24) is 9.97 Å². The van der Waals surface area contributed by atoms with Gasteiger partial charge < -0.3 is 15.8 Å². The molecule has 0 saturated heterocycles. The summed E-state index contributed by atoms with van der Waals surface area (Å²) in [6.07, 6.45) is 1.21. The second-order valence-electron chi connectivity index (χ2n) is 4.07. The van der Waals surface area contributed by atoms with Crippen molar-refractivity contribution in [3.05, 3.63) is 16.4 Å². The van der Waals surface area contributed by atoms with E-state index in [4.69, 9.17) is 10.5 Å². The maximum atomic E-state index is 11.0. The third-order valence-electron chi connectivity index (χ3n) is 2.55. The van der Waals surface area contributed by atoms with Crippen LogP contribution in [0.4, 0.5) is 11.5 Å². The molecular weight excluding hydrogens is 238 g/mol. The molecule has 0 amide bonds. The lowest BCUT2D eigenvalue weighted by molar-refractivity contribution is -0.385. The highest BCUT2D eigenvalue weighted by molar-refractivity contribution is 5.61. The molecule has 3 N–H and O–H groups in total. The molecule has 18 heavy (non-hydrogen) atoms. The Morgan fingerprint density at radius 3 is 2.67 bits per heavy atom. The Hall–Kier alpha value is -1.96. The van der Waals surface area contributed by atoms with Crippen LogP contribution in [0.15, 0.2) is 6.33 Å². The average molecular weight is 255 g/mol. The fourth-order valence-electron chi connectivity index (χ4n) is 1.46. The maximum absolute atomic E-state index is 11.0. The first-order valence-electron chi connectivity index (χ1n) is 5.51. The van der Waals surface area contributed by atoms with Crippen LogP contribution >= 0.6 is 0 Å². The van der Waals surface area contributed by atoms with Gasteiger partial charge in [-0.15, -0.1) is 0 Å². The minimum absolute atomic E-state index is 0.0722. The standard InChI is InChI=1S/C10H17N5O3/c1-6(2)7(4-11)14-9-8(15(16)17)10(18-3)13-5-12-9/h5-7H,4,11H2,1-3H3,(H,12,13,14). The smallest absolute Gasteiger partial charge is 0.372 e. The van der Waals surface area contributed by atoms with Crippen LogP contribution in [-0.4, -0.2) is 34.6 Å². The van der Waals surface area contributed by atoms with E-state index in [1.165, 1.54) is 13.4 Å². The van der Waals surface area contributed by atoms with E-state index in [-0.39, 0.29) is 29.3 Å². The van der Waals surface area contributed by atoms with Gasteiger partial charge in [0, 0.05) is 12.6 Å². The third-order valence-corrected chi connectivity index (χ3v) is 2.55. The number of hydrogen-bond acceptors (Lipinski definition) is 7. The Balaban J connectivity index is 3.12. The number of hydrogen-bond donors (Lipinski definition) is 2. The number of ether oxygens (including phenoxy) is 1. The van der Waals surface area contributed by atoms with E-state index < -0.39 is 4.92 Å². The summed E-state index contributed by atoms with van der Waals surface area (Å²) in [5, 5.41) is 14.0. The van der Waals surface area contributed by atoms with E-state index in [1.807, 2.05) is 13.8 Å². The van der Waals surface area contributed by atoms with Gasteiger partial charge in [-0.3, -0.25) is 10.1 Å². The van der Waals surface area contributed by atoms with Crippen molar-refractivity contribution in [1.29, 1.82) is 0 Å². The number of nitro groups is 1. The lowest BCUT2D eigenvalue weighted by Gasteiger charge is -2.20. The molecule has 8 heteroatoms. The largest absolute Gasteiger partial charge is 0.476 e. The zero-order valence-corrected chi connectivity index (χ0v) is 10.6. The summed E-state index contributed by atoms with van der Waals surface area (Å²) in [6.45, 7) is 4.28. The predicted molar refractivity (Wildman–Crippen MR) is 66.5 cm³/mol. The number of methoxy groups -OCH3 is 1. The molecule has 0 aliphatic rings. The number of nitrogens with two attached hydrogens (primary N) is 1. The molecule has 0 radical (unpaired) electrons. The van der Waals surface area contributed by atoms with Crippen molar-refractivity contribution in [2.75, 3.05) is 19.0 Å². The predicted octanol–water partition coefficient (Wildman–Crippen LogP) is 0.789. The molecule has 1 heterocycles. The molecule has 1 aromatic heterocycles. The van der Waals surface area contributed by atoms with E-state index in [1.54, 1.807) is 0 Å². The minimum atomic E-state index is -0.574. The van der Waals surface area contributed by atoms with Crippen molar-refractivity contribution in [3.8, 4) is 5.88 Å². The lowest BCUT2D eigenvalue weighted by atomic mass is 10.0. The van der Waals surface area contributed by atoms with Gasteiger partial charge in [0.25, 0.3) is 5.88 Å². The SMILES string of the molecule is COc1ncnc(NC(CN)C(C)C)c1[N+](=O)[O-]. The molecule has 0 fully saturated rings. The second kappa shape index (κ2) is 6.10. The number of nitrogens with zero attached hydrogens (tertiary/aromatic N) is 3. The number of anilines is 1. The minimum Gasteiger partial charge on any atom is -0.476 e.